The van der Waals surface area contributed by atoms with Gasteiger partial charge in [-0.05, 0) is 30.7 Å². The average molecular weight is 395 g/mol. The van der Waals surface area contributed by atoms with Crippen LogP contribution < -0.4 is 5.32 Å². The van der Waals surface area contributed by atoms with Gasteiger partial charge in [-0.1, -0.05) is 30.7 Å². The fourth-order valence-corrected chi connectivity index (χ4v) is 3.45. The van der Waals surface area contributed by atoms with Crippen molar-refractivity contribution in [2.45, 2.75) is 19.4 Å². The van der Waals surface area contributed by atoms with Gasteiger partial charge in [-0.3, -0.25) is 9.48 Å². The van der Waals surface area contributed by atoms with E-state index in [-0.39, 0.29) is 11.9 Å². The largest absolute Gasteiger partial charge is 0.463 e. The van der Waals surface area contributed by atoms with Gasteiger partial charge in [0.2, 0.25) is 0 Å². The Kier molecular flexibility index (Phi) is 4.88. The molecule has 0 aliphatic carbocycles. The van der Waals surface area contributed by atoms with E-state index >= 15 is 0 Å². The van der Waals surface area contributed by atoms with E-state index in [0.717, 1.165) is 12.0 Å². The number of benzene rings is 1. The molecule has 3 aromatic heterocycles. The van der Waals surface area contributed by atoms with E-state index in [0.29, 0.717) is 32.9 Å². The van der Waals surface area contributed by atoms with Crippen LogP contribution in [0.5, 0.6) is 0 Å². The number of rotatable bonds is 5. The molecular formula is C21H19ClN4O2. The molecule has 1 atom stereocenters. The maximum absolute atomic E-state index is 13.2. The van der Waals surface area contributed by atoms with Gasteiger partial charge in [0.25, 0.3) is 5.91 Å². The number of halogens is 1. The SMILES string of the molecule is CC[C@H](NC(=O)c1cc(-c2ccco2)nc2c(Cl)cccc12)c1cnn(C)c1. The third kappa shape index (κ3) is 3.39. The molecule has 0 aliphatic rings. The summed E-state index contributed by atoms with van der Waals surface area (Å²) in [7, 11) is 1.85. The molecule has 7 heteroatoms. The summed E-state index contributed by atoms with van der Waals surface area (Å²) in [5.41, 5.74) is 2.59. The first-order valence-electron chi connectivity index (χ1n) is 8.99. The third-order valence-corrected chi connectivity index (χ3v) is 4.95. The second kappa shape index (κ2) is 7.48. The minimum atomic E-state index is -0.196. The van der Waals surface area contributed by atoms with Crippen LogP contribution in [-0.2, 0) is 7.05 Å². The maximum atomic E-state index is 13.2. The van der Waals surface area contributed by atoms with Crippen molar-refractivity contribution in [2.24, 2.45) is 7.05 Å². The summed E-state index contributed by atoms with van der Waals surface area (Å²) in [5, 5.41) is 8.48. The number of furan rings is 1. The van der Waals surface area contributed by atoms with Gasteiger partial charge >= 0.3 is 0 Å². The number of pyridine rings is 1. The second-order valence-electron chi connectivity index (χ2n) is 6.55. The zero-order chi connectivity index (χ0) is 19.7. The van der Waals surface area contributed by atoms with Gasteiger partial charge in [-0.15, -0.1) is 0 Å². The molecule has 28 heavy (non-hydrogen) atoms. The van der Waals surface area contributed by atoms with Crippen LogP contribution in [0.3, 0.4) is 0 Å². The predicted molar refractivity (Wildman–Crippen MR) is 108 cm³/mol. The lowest BCUT2D eigenvalue weighted by Gasteiger charge is -2.17. The number of aromatic nitrogens is 3. The summed E-state index contributed by atoms with van der Waals surface area (Å²) < 4.78 is 7.19. The number of para-hydroxylation sites is 1. The van der Waals surface area contributed by atoms with Crippen molar-refractivity contribution in [3.8, 4) is 11.5 Å². The number of hydrogen-bond acceptors (Lipinski definition) is 4. The standard InChI is InChI=1S/C21H19ClN4O2/c1-3-17(13-11-23-26(2)12-13)25-21(27)15-10-18(19-8-5-9-28-19)24-20-14(15)6-4-7-16(20)22/h4-12,17H,3H2,1-2H3,(H,25,27)/t17-/m0/s1. The van der Waals surface area contributed by atoms with Crippen molar-refractivity contribution in [1.29, 1.82) is 0 Å². The molecule has 0 spiro atoms. The normalized spacial score (nSPS) is 12.2. The first-order chi connectivity index (χ1) is 13.6. The van der Waals surface area contributed by atoms with Gasteiger partial charge in [0.1, 0.15) is 5.69 Å². The highest BCUT2D eigenvalue weighted by Gasteiger charge is 2.20. The van der Waals surface area contributed by atoms with Crippen molar-refractivity contribution in [1.82, 2.24) is 20.1 Å². The number of carbonyl (C=O) groups is 1. The molecule has 0 saturated heterocycles. The van der Waals surface area contributed by atoms with Crippen molar-refractivity contribution >= 4 is 28.4 Å². The summed E-state index contributed by atoms with van der Waals surface area (Å²) in [6, 6.07) is 10.6. The summed E-state index contributed by atoms with van der Waals surface area (Å²) in [6.45, 7) is 2.02. The van der Waals surface area contributed by atoms with Gasteiger partial charge in [-0.25, -0.2) is 4.98 Å². The van der Waals surface area contributed by atoms with E-state index in [1.807, 2.05) is 32.3 Å². The van der Waals surface area contributed by atoms with Crippen molar-refractivity contribution < 1.29 is 9.21 Å². The van der Waals surface area contributed by atoms with Crippen molar-refractivity contribution in [3.63, 3.8) is 0 Å². The highest BCUT2D eigenvalue weighted by Crippen LogP contribution is 2.30. The topological polar surface area (TPSA) is 73.0 Å². The average Bonchev–Trinajstić information content (AvgIpc) is 3.37. The molecule has 0 aliphatic heterocycles. The van der Waals surface area contributed by atoms with E-state index in [9.17, 15) is 4.79 Å². The van der Waals surface area contributed by atoms with Crippen molar-refractivity contribution in [3.05, 3.63) is 71.2 Å². The lowest BCUT2D eigenvalue weighted by molar-refractivity contribution is 0.0937. The van der Waals surface area contributed by atoms with Gasteiger partial charge < -0.3 is 9.73 Å². The molecule has 1 aromatic carbocycles. The van der Waals surface area contributed by atoms with Crippen LogP contribution in [0.2, 0.25) is 5.02 Å². The van der Waals surface area contributed by atoms with Crippen LogP contribution in [0.15, 0.2) is 59.5 Å². The highest BCUT2D eigenvalue weighted by molar-refractivity contribution is 6.35. The lowest BCUT2D eigenvalue weighted by atomic mass is 10.0. The van der Waals surface area contributed by atoms with E-state index in [1.54, 1.807) is 41.4 Å². The molecule has 0 unspecified atom stereocenters. The zero-order valence-corrected chi connectivity index (χ0v) is 16.3. The smallest absolute Gasteiger partial charge is 0.252 e. The monoisotopic (exact) mass is 394 g/mol. The van der Waals surface area contributed by atoms with E-state index < -0.39 is 0 Å². The molecule has 4 rings (SSSR count). The van der Waals surface area contributed by atoms with Crippen LogP contribution in [0.25, 0.3) is 22.4 Å². The Balaban J connectivity index is 1.78. The fraction of sp³-hybridized carbons (Fsp3) is 0.190. The number of amides is 1. The molecule has 1 N–H and O–H groups in total. The Morgan fingerprint density at radius 3 is 2.86 bits per heavy atom. The summed E-state index contributed by atoms with van der Waals surface area (Å²) in [4.78, 5) is 17.8. The first kappa shape index (κ1) is 18.3. The van der Waals surface area contributed by atoms with E-state index in [2.05, 4.69) is 15.4 Å². The van der Waals surface area contributed by atoms with Crippen LogP contribution in [0.4, 0.5) is 0 Å². The van der Waals surface area contributed by atoms with Crippen LogP contribution in [0.1, 0.15) is 35.3 Å². The Hall–Kier alpha value is -3.12. The molecule has 0 radical (unpaired) electrons. The lowest BCUT2D eigenvalue weighted by Crippen LogP contribution is -2.28. The van der Waals surface area contributed by atoms with Crippen molar-refractivity contribution in [2.75, 3.05) is 0 Å². The Labute approximate surface area is 167 Å². The van der Waals surface area contributed by atoms with Crippen LogP contribution in [0, 0.1) is 0 Å². The predicted octanol–water partition coefficient (Wildman–Crippen LogP) is 4.76. The van der Waals surface area contributed by atoms with Gasteiger partial charge in [0.05, 0.1) is 34.6 Å². The Bertz CT molecular complexity index is 1130. The molecule has 6 nitrogen and oxygen atoms in total. The highest BCUT2D eigenvalue weighted by atomic mass is 35.5. The molecule has 0 fully saturated rings. The molecule has 4 aromatic rings. The van der Waals surface area contributed by atoms with Crippen LogP contribution in [-0.4, -0.2) is 20.7 Å². The Morgan fingerprint density at radius 2 is 2.18 bits per heavy atom. The summed E-state index contributed by atoms with van der Waals surface area (Å²) in [6.07, 6.45) is 5.99. The number of carbonyl (C=O) groups excluding carboxylic acids is 1. The number of nitrogens with zero attached hydrogens (tertiary/aromatic N) is 3. The third-order valence-electron chi connectivity index (χ3n) is 4.65. The van der Waals surface area contributed by atoms with E-state index in [1.165, 1.54) is 0 Å². The zero-order valence-electron chi connectivity index (χ0n) is 15.5. The number of nitrogens with one attached hydrogen (secondary N) is 1. The van der Waals surface area contributed by atoms with Gasteiger partial charge in [0, 0.05) is 24.2 Å². The molecular weight excluding hydrogens is 376 g/mol. The summed E-state index contributed by atoms with van der Waals surface area (Å²) in [5.74, 6) is 0.383. The van der Waals surface area contributed by atoms with Gasteiger partial charge in [-0.2, -0.15) is 5.10 Å². The molecule has 0 saturated carbocycles. The minimum absolute atomic E-state index is 0.143. The second-order valence-corrected chi connectivity index (χ2v) is 6.96. The number of aryl methyl sites for hydroxylation is 1. The fourth-order valence-electron chi connectivity index (χ4n) is 3.23. The van der Waals surface area contributed by atoms with Gasteiger partial charge in [0.15, 0.2) is 5.76 Å². The number of fused-ring (bicyclic) bond motifs is 1. The Morgan fingerprint density at radius 1 is 1.32 bits per heavy atom. The van der Waals surface area contributed by atoms with E-state index in [4.69, 9.17) is 16.0 Å². The number of hydrogen-bond donors (Lipinski definition) is 1. The molecule has 142 valence electrons. The first-order valence-corrected chi connectivity index (χ1v) is 9.37. The van der Waals surface area contributed by atoms with Crippen LogP contribution >= 0.6 is 11.6 Å². The maximum Gasteiger partial charge on any atom is 0.252 e. The quantitative estimate of drug-likeness (QED) is 0.529. The molecule has 1 amide bonds. The molecule has 3 heterocycles. The summed E-state index contributed by atoms with van der Waals surface area (Å²) >= 11 is 6.36. The minimum Gasteiger partial charge on any atom is -0.463 e. The molecule has 0 bridgehead atoms.